The maximum Gasteiger partial charge on any atom is 0.255 e. The number of likely N-dealkylation sites (tertiary alicyclic amines) is 1. The second-order valence-corrected chi connectivity index (χ2v) is 8.24. The van der Waals surface area contributed by atoms with Crippen molar-refractivity contribution in [3.05, 3.63) is 70.1 Å². The molecule has 1 aromatic heterocycles. The minimum atomic E-state index is -0.177. The SMILES string of the molecule is O=C(c1ccc(=O)[nH]c1)N1CCC(CN2CCN(Cc3ccccc3)CC2)CC1. The number of piperidine rings is 1. The Morgan fingerprint density at radius 3 is 2.24 bits per heavy atom. The Bertz CT molecular complexity index is 830. The number of pyridine rings is 1. The van der Waals surface area contributed by atoms with Gasteiger partial charge in [0, 0.05) is 64.6 Å². The smallest absolute Gasteiger partial charge is 0.255 e. The minimum Gasteiger partial charge on any atom is -0.339 e. The minimum absolute atomic E-state index is 0.0224. The fraction of sp³-hybridized carbons (Fsp3) is 0.478. The maximum atomic E-state index is 12.6. The van der Waals surface area contributed by atoms with Gasteiger partial charge in [-0.25, -0.2) is 0 Å². The number of carbonyl (C=O) groups excluding carboxylic acids is 1. The summed E-state index contributed by atoms with van der Waals surface area (Å²) < 4.78 is 0. The van der Waals surface area contributed by atoms with E-state index < -0.39 is 0 Å². The summed E-state index contributed by atoms with van der Waals surface area (Å²) in [5, 5.41) is 0. The quantitative estimate of drug-likeness (QED) is 0.843. The molecule has 154 valence electrons. The topological polar surface area (TPSA) is 59.7 Å². The van der Waals surface area contributed by atoms with Crippen LogP contribution in [0.25, 0.3) is 0 Å². The van der Waals surface area contributed by atoms with Gasteiger partial charge < -0.3 is 14.8 Å². The van der Waals surface area contributed by atoms with Gasteiger partial charge in [-0.05, 0) is 30.4 Å². The van der Waals surface area contributed by atoms with Gasteiger partial charge in [0.05, 0.1) is 5.56 Å². The molecule has 0 unspecified atom stereocenters. The summed E-state index contributed by atoms with van der Waals surface area (Å²) in [6.07, 6.45) is 3.63. The van der Waals surface area contributed by atoms with E-state index >= 15 is 0 Å². The van der Waals surface area contributed by atoms with Crippen LogP contribution in [0.4, 0.5) is 0 Å². The van der Waals surface area contributed by atoms with Crippen LogP contribution in [-0.2, 0) is 6.54 Å². The van der Waals surface area contributed by atoms with E-state index in [1.807, 2.05) is 4.90 Å². The molecule has 0 spiro atoms. The van der Waals surface area contributed by atoms with Crippen molar-refractivity contribution in [1.82, 2.24) is 19.7 Å². The first-order valence-electron chi connectivity index (χ1n) is 10.6. The van der Waals surface area contributed by atoms with Crippen molar-refractivity contribution in [2.24, 2.45) is 5.92 Å². The number of carbonyl (C=O) groups is 1. The summed E-state index contributed by atoms with van der Waals surface area (Å²) in [5.74, 6) is 0.685. The molecule has 0 saturated carbocycles. The largest absolute Gasteiger partial charge is 0.339 e. The van der Waals surface area contributed by atoms with Gasteiger partial charge >= 0.3 is 0 Å². The molecule has 6 heteroatoms. The third-order valence-electron chi connectivity index (χ3n) is 6.16. The summed E-state index contributed by atoms with van der Waals surface area (Å²) >= 11 is 0. The molecule has 29 heavy (non-hydrogen) atoms. The number of benzene rings is 1. The first kappa shape index (κ1) is 19.9. The lowest BCUT2D eigenvalue weighted by Crippen LogP contribution is -2.48. The standard InChI is InChI=1S/C23H30N4O2/c28-22-7-6-21(16-24-22)23(29)27-10-8-20(9-11-27)18-26-14-12-25(13-15-26)17-19-4-2-1-3-5-19/h1-7,16,20H,8-15,17-18H2,(H,24,28). The summed E-state index contributed by atoms with van der Waals surface area (Å²) in [6, 6.07) is 13.7. The van der Waals surface area contributed by atoms with Crippen molar-refractivity contribution in [1.29, 1.82) is 0 Å². The summed E-state index contributed by atoms with van der Waals surface area (Å²) in [4.78, 5) is 33.4. The number of hydrogen-bond acceptors (Lipinski definition) is 4. The van der Waals surface area contributed by atoms with Crippen LogP contribution in [0.3, 0.4) is 0 Å². The average Bonchev–Trinajstić information content (AvgIpc) is 2.76. The van der Waals surface area contributed by atoms with Gasteiger partial charge in [0.1, 0.15) is 0 Å². The van der Waals surface area contributed by atoms with E-state index in [1.165, 1.54) is 17.8 Å². The molecule has 0 atom stereocenters. The molecule has 4 rings (SSSR count). The van der Waals surface area contributed by atoms with Crippen molar-refractivity contribution in [2.75, 3.05) is 45.8 Å². The zero-order valence-electron chi connectivity index (χ0n) is 16.9. The molecule has 2 aromatic rings. The zero-order chi connectivity index (χ0) is 20.1. The number of nitrogens with zero attached hydrogens (tertiary/aromatic N) is 3. The Morgan fingerprint density at radius 2 is 1.59 bits per heavy atom. The fourth-order valence-electron chi connectivity index (χ4n) is 4.38. The third kappa shape index (κ3) is 5.34. The second-order valence-electron chi connectivity index (χ2n) is 8.24. The number of piperazine rings is 1. The van der Waals surface area contributed by atoms with Crippen LogP contribution in [0.2, 0.25) is 0 Å². The van der Waals surface area contributed by atoms with Crippen molar-refractivity contribution in [2.45, 2.75) is 19.4 Å². The van der Waals surface area contributed by atoms with Crippen molar-refractivity contribution in [3.8, 4) is 0 Å². The van der Waals surface area contributed by atoms with Crippen molar-refractivity contribution in [3.63, 3.8) is 0 Å². The van der Waals surface area contributed by atoms with Crippen LogP contribution < -0.4 is 5.56 Å². The van der Waals surface area contributed by atoms with Gasteiger partial charge in [-0.15, -0.1) is 0 Å². The van der Waals surface area contributed by atoms with Crippen LogP contribution in [0.15, 0.2) is 53.5 Å². The molecule has 0 radical (unpaired) electrons. The highest BCUT2D eigenvalue weighted by molar-refractivity contribution is 5.93. The zero-order valence-corrected chi connectivity index (χ0v) is 16.9. The van der Waals surface area contributed by atoms with Gasteiger partial charge in [0.15, 0.2) is 0 Å². The number of aromatic amines is 1. The highest BCUT2D eigenvalue weighted by Crippen LogP contribution is 2.21. The third-order valence-corrected chi connectivity index (χ3v) is 6.16. The highest BCUT2D eigenvalue weighted by Gasteiger charge is 2.26. The van der Waals surface area contributed by atoms with E-state index in [0.717, 1.165) is 65.2 Å². The molecule has 0 bridgehead atoms. The maximum absolute atomic E-state index is 12.6. The molecule has 1 amide bonds. The molecular formula is C23H30N4O2. The second kappa shape index (κ2) is 9.37. The van der Waals surface area contributed by atoms with E-state index in [0.29, 0.717) is 11.5 Å². The van der Waals surface area contributed by atoms with E-state index in [1.54, 1.807) is 6.07 Å². The number of amides is 1. The molecule has 1 N–H and O–H groups in total. The van der Waals surface area contributed by atoms with Crippen LogP contribution >= 0.6 is 0 Å². The Morgan fingerprint density at radius 1 is 0.897 bits per heavy atom. The Labute approximate surface area is 172 Å². The molecule has 1 aromatic carbocycles. The average molecular weight is 395 g/mol. The van der Waals surface area contributed by atoms with E-state index in [-0.39, 0.29) is 11.5 Å². The van der Waals surface area contributed by atoms with Crippen LogP contribution in [-0.4, -0.2) is 71.4 Å². The normalized spacial score (nSPS) is 19.4. The Kier molecular flexibility index (Phi) is 6.42. The molecule has 3 heterocycles. The van der Waals surface area contributed by atoms with Gasteiger partial charge in [-0.1, -0.05) is 30.3 Å². The first-order valence-corrected chi connectivity index (χ1v) is 10.6. The highest BCUT2D eigenvalue weighted by atomic mass is 16.2. The number of nitrogens with one attached hydrogen (secondary N) is 1. The number of aromatic nitrogens is 1. The number of H-pyrrole nitrogens is 1. The number of hydrogen-bond donors (Lipinski definition) is 1. The lowest BCUT2D eigenvalue weighted by atomic mass is 9.95. The molecule has 2 aliphatic heterocycles. The fourth-order valence-corrected chi connectivity index (χ4v) is 4.38. The molecule has 2 fully saturated rings. The molecule has 0 aliphatic carbocycles. The van der Waals surface area contributed by atoms with Gasteiger partial charge in [-0.3, -0.25) is 14.5 Å². The molecule has 2 aliphatic rings. The van der Waals surface area contributed by atoms with E-state index in [4.69, 9.17) is 0 Å². The van der Waals surface area contributed by atoms with Crippen LogP contribution in [0, 0.1) is 5.92 Å². The molecule has 6 nitrogen and oxygen atoms in total. The summed E-state index contributed by atoms with van der Waals surface area (Å²) in [5.41, 5.74) is 1.78. The lowest BCUT2D eigenvalue weighted by Gasteiger charge is -2.39. The predicted molar refractivity (Wildman–Crippen MR) is 114 cm³/mol. The predicted octanol–water partition coefficient (Wildman–Crippen LogP) is 2.04. The van der Waals surface area contributed by atoms with E-state index in [2.05, 4.69) is 45.1 Å². The Hall–Kier alpha value is -2.44. The van der Waals surface area contributed by atoms with Crippen LogP contribution in [0.5, 0.6) is 0 Å². The van der Waals surface area contributed by atoms with Gasteiger partial charge in [-0.2, -0.15) is 0 Å². The van der Waals surface area contributed by atoms with Gasteiger partial charge in [0.25, 0.3) is 5.91 Å². The first-order chi connectivity index (χ1) is 14.2. The van der Waals surface area contributed by atoms with Crippen molar-refractivity contribution < 1.29 is 4.79 Å². The van der Waals surface area contributed by atoms with E-state index in [9.17, 15) is 9.59 Å². The summed E-state index contributed by atoms with van der Waals surface area (Å²) in [7, 11) is 0. The molecular weight excluding hydrogens is 364 g/mol. The van der Waals surface area contributed by atoms with Crippen LogP contribution in [0.1, 0.15) is 28.8 Å². The monoisotopic (exact) mass is 394 g/mol. The lowest BCUT2D eigenvalue weighted by molar-refractivity contribution is 0.0629. The van der Waals surface area contributed by atoms with Crippen molar-refractivity contribution >= 4 is 5.91 Å². The summed E-state index contributed by atoms with van der Waals surface area (Å²) in [6.45, 7) is 8.29. The van der Waals surface area contributed by atoms with Gasteiger partial charge in [0.2, 0.25) is 5.56 Å². The number of rotatable bonds is 5. The Balaban J connectivity index is 1.19. The molecule has 2 saturated heterocycles.